The lowest BCUT2D eigenvalue weighted by Crippen LogP contribution is -2.15. The second kappa shape index (κ2) is 5.69. The van der Waals surface area contributed by atoms with Crippen LogP contribution in [0.3, 0.4) is 0 Å². The van der Waals surface area contributed by atoms with Crippen molar-refractivity contribution < 1.29 is 14.2 Å². The largest absolute Gasteiger partial charge is 0.486 e. The van der Waals surface area contributed by atoms with Crippen LogP contribution in [0.2, 0.25) is 0 Å². The van der Waals surface area contributed by atoms with Crippen molar-refractivity contribution in [2.75, 3.05) is 25.6 Å². The number of benzene rings is 1. The topological polar surface area (TPSA) is 52.6 Å². The maximum atomic E-state index is 5.55. The molecule has 0 aliphatic carbocycles. The van der Waals surface area contributed by atoms with Crippen LogP contribution >= 0.6 is 0 Å². The standard InChI is InChI=1S/C15H16N2O3/c1-18-15-4-2-3-12(17-15)10-16-11-5-6-13-14(9-11)20-8-7-19-13/h2-6,9,16H,7-8,10H2,1H3. The first kappa shape index (κ1) is 12.6. The molecule has 104 valence electrons. The molecule has 0 saturated heterocycles. The summed E-state index contributed by atoms with van der Waals surface area (Å²) < 4.78 is 16.1. The molecule has 1 N–H and O–H groups in total. The zero-order valence-corrected chi connectivity index (χ0v) is 11.3. The summed E-state index contributed by atoms with van der Waals surface area (Å²) in [6, 6.07) is 11.5. The van der Waals surface area contributed by atoms with Gasteiger partial charge < -0.3 is 19.5 Å². The zero-order chi connectivity index (χ0) is 13.8. The first-order chi connectivity index (χ1) is 9.85. The summed E-state index contributed by atoms with van der Waals surface area (Å²) in [5.41, 5.74) is 1.89. The zero-order valence-electron chi connectivity index (χ0n) is 11.3. The van der Waals surface area contributed by atoms with Crippen molar-refractivity contribution in [3.05, 3.63) is 42.1 Å². The third-order valence-electron chi connectivity index (χ3n) is 3.01. The van der Waals surface area contributed by atoms with Gasteiger partial charge in [-0.25, -0.2) is 4.98 Å². The highest BCUT2D eigenvalue weighted by atomic mass is 16.6. The van der Waals surface area contributed by atoms with E-state index in [4.69, 9.17) is 14.2 Å². The Kier molecular flexibility index (Phi) is 3.58. The van der Waals surface area contributed by atoms with E-state index in [1.807, 2.05) is 36.4 Å². The SMILES string of the molecule is COc1cccc(CNc2ccc3c(c2)OCCO3)n1. The van der Waals surface area contributed by atoms with Crippen LogP contribution in [0.15, 0.2) is 36.4 Å². The highest BCUT2D eigenvalue weighted by Crippen LogP contribution is 2.32. The molecule has 2 aromatic rings. The molecule has 20 heavy (non-hydrogen) atoms. The van der Waals surface area contributed by atoms with Crippen molar-refractivity contribution in [3.8, 4) is 17.4 Å². The molecule has 0 unspecified atom stereocenters. The van der Waals surface area contributed by atoms with Gasteiger partial charge in [-0.15, -0.1) is 0 Å². The van der Waals surface area contributed by atoms with Crippen LogP contribution in [0.5, 0.6) is 17.4 Å². The minimum Gasteiger partial charge on any atom is -0.486 e. The number of nitrogens with zero attached hydrogens (tertiary/aromatic N) is 1. The van der Waals surface area contributed by atoms with Crippen LogP contribution in [-0.4, -0.2) is 25.3 Å². The lowest BCUT2D eigenvalue weighted by molar-refractivity contribution is 0.171. The van der Waals surface area contributed by atoms with Gasteiger partial charge >= 0.3 is 0 Å². The predicted molar refractivity (Wildman–Crippen MR) is 75.5 cm³/mol. The smallest absolute Gasteiger partial charge is 0.213 e. The summed E-state index contributed by atoms with van der Waals surface area (Å²) in [6.07, 6.45) is 0. The maximum absolute atomic E-state index is 5.55. The number of hydrogen-bond acceptors (Lipinski definition) is 5. The fourth-order valence-electron chi connectivity index (χ4n) is 2.02. The first-order valence-corrected chi connectivity index (χ1v) is 6.48. The predicted octanol–water partition coefficient (Wildman–Crippen LogP) is 2.47. The summed E-state index contributed by atoms with van der Waals surface area (Å²) in [4.78, 5) is 4.35. The third-order valence-corrected chi connectivity index (χ3v) is 3.01. The van der Waals surface area contributed by atoms with Gasteiger partial charge in [0.05, 0.1) is 19.3 Å². The molecular formula is C15H16N2O3. The second-order valence-corrected chi connectivity index (χ2v) is 4.38. The van der Waals surface area contributed by atoms with E-state index in [9.17, 15) is 0 Å². The fourth-order valence-corrected chi connectivity index (χ4v) is 2.02. The van der Waals surface area contributed by atoms with Crippen molar-refractivity contribution in [2.24, 2.45) is 0 Å². The minimum absolute atomic E-state index is 0.591. The Morgan fingerprint density at radius 1 is 1.15 bits per heavy atom. The van der Waals surface area contributed by atoms with Crippen molar-refractivity contribution in [1.82, 2.24) is 4.98 Å². The van der Waals surface area contributed by atoms with Gasteiger partial charge in [-0.2, -0.15) is 0 Å². The van der Waals surface area contributed by atoms with Crippen LogP contribution in [0.1, 0.15) is 5.69 Å². The Balaban J connectivity index is 1.68. The van der Waals surface area contributed by atoms with Crippen LogP contribution in [0.25, 0.3) is 0 Å². The number of hydrogen-bond donors (Lipinski definition) is 1. The Bertz CT molecular complexity index is 601. The van der Waals surface area contributed by atoms with Crippen LogP contribution < -0.4 is 19.5 Å². The number of rotatable bonds is 4. The molecule has 0 saturated carbocycles. The average Bonchev–Trinajstić information content (AvgIpc) is 2.53. The van der Waals surface area contributed by atoms with E-state index >= 15 is 0 Å². The van der Waals surface area contributed by atoms with Crippen LogP contribution in [0.4, 0.5) is 5.69 Å². The van der Waals surface area contributed by atoms with Crippen molar-refractivity contribution in [3.63, 3.8) is 0 Å². The van der Waals surface area contributed by atoms with E-state index in [2.05, 4.69) is 10.3 Å². The van der Waals surface area contributed by atoms with E-state index in [1.165, 1.54) is 0 Å². The lowest BCUT2D eigenvalue weighted by Gasteiger charge is -2.19. The molecule has 0 spiro atoms. The fraction of sp³-hybridized carbons (Fsp3) is 0.267. The quantitative estimate of drug-likeness (QED) is 0.926. The normalized spacial score (nSPS) is 12.8. The second-order valence-electron chi connectivity index (χ2n) is 4.38. The molecule has 1 aliphatic heterocycles. The van der Waals surface area contributed by atoms with E-state index in [-0.39, 0.29) is 0 Å². The monoisotopic (exact) mass is 272 g/mol. The number of fused-ring (bicyclic) bond motifs is 1. The molecule has 5 heteroatoms. The molecule has 1 aromatic heterocycles. The van der Waals surface area contributed by atoms with Crippen LogP contribution in [-0.2, 0) is 6.54 Å². The van der Waals surface area contributed by atoms with Crippen LogP contribution in [0, 0.1) is 0 Å². The summed E-state index contributed by atoms with van der Waals surface area (Å²) in [5.74, 6) is 2.19. The molecule has 3 rings (SSSR count). The Labute approximate surface area is 117 Å². The van der Waals surface area contributed by atoms with Gasteiger partial charge in [-0.05, 0) is 18.2 Å². The molecule has 0 fully saturated rings. The highest BCUT2D eigenvalue weighted by Gasteiger charge is 2.11. The molecule has 1 aromatic carbocycles. The van der Waals surface area contributed by atoms with Crippen molar-refractivity contribution >= 4 is 5.69 Å². The number of aromatic nitrogens is 1. The summed E-state index contributed by atoms with van der Waals surface area (Å²) in [5, 5.41) is 3.31. The number of ether oxygens (including phenoxy) is 3. The molecule has 0 bridgehead atoms. The molecule has 1 aliphatic rings. The van der Waals surface area contributed by atoms with Crippen molar-refractivity contribution in [1.29, 1.82) is 0 Å². The van der Waals surface area contributed by atoms with Gasteiger partial charge in [0.2, 0.25) is 5.88 Å². The highest BCUT2D eigenvalue weighted by molar-refractivity contribution is 5.55. The summed E-state index contributed by atoms with van der Waals surface area (Å²) >= 11 is 0. The van der Waals surface area contributed by atoms with E-state index in [0.29, 0.717) is 25.6 Å². The Hall–Kier alpha value is -2.43. The molecular weight excluding hydrogens is 256 g/mol. The van der Waals surface area contributed by atoms with Gasteiger partial charge in [-0.1, -0.05) is 6.07 Å². The molecule has 0 atom stereocenters. The van der Waals surface area contributed by atoms with Crippen molar-refractivity contribution in [2.45, 2.75) is 6.54 Å². The summed E-state index contributed by atoms with van der Waals surface area (Å²) in [7, 11) is 1.61. The average molecular weight is 272 g/mol. The minimum atomic E-state index is 0.591. The molecule has 0 amide bonds. The van der Waals surface area contributed by atoms with Gasteiger partial charge in [0, 0.05) is 17.8 Å². The van der Waals surface area contributed by atoms with Gasteiger partial charge in [0.15, 0.2) is 11.5 Å². The van der Waals surface area contributed by atoms with E-state index in [1.54, 1.807) is 7.11 Å². The number of methoxy groups -OCH3 is 1. The van der Waals surface area contributed by atoms with E-state index < -0.39 is 0 Å². The molecule has 2 heterocycles. The third kappa shape index (κ3) is 2.77. The first-order valence-electron chi connectivity index (χ1n) is 6.48. The molecule has 5 nitrogen and oxygen atoms in total. The molecule has 0 radical (unpaired) electrons. The Morgan fingerprint density at radius 3 is 2.85 bits per heavy atom. The number of pyridine rings is 1. The summed E-state index contributed by atoms with van der Waals surface area (Å²) in [6.45, 7) is 1.82. The number of anilines is 1. The van der Waals surface area contributed by atoms with Gasteiger partial charge in [-0.3, -0.25) is 0 Å². The Morgan fingerprint density at radius 2 is 2.00 bits per heavy atom. The lowest BCUT2D eigenvalue weighted by atomic mass is 10.2. The number of nitrogens with one attached hydrogen (secondary N) is 1. The van der Waals surface area contributed by atoms with E-state index in [0.717, 1.165) is 22.9 Å². The van der Waals surface area contributed by atoms with Gasteiger partial charge in [0.25, 0.3) is 0 Å². The van der Waals surface area contributed by atoms with Gasteiger partial charge in [0.1, 0.15) is 13.2 Å². The maximum Gasteiger partial charge on any atom is 0.213 e.